The first-order valence-electron chi connectivity index (χ1n) is 6.03. The van der Waals surface area contributed by atoms with Gasteiger partial charge in [0.15, 0.2) is 9.84 Å². The Kier molecular flexibility index (Phi) is 5.74. The Labute approximate surface area is 107 Å². The molecule has 7 heteroatoms. The normalized spacial score (nSPS) is 19.4. The molecular formula is C11H19NO5S. The molecule has 0 atom stereocenters. The lowest BCUT2D eigenvalue weighted by molar-refractivity contribution is -0.144. The van der Waals surface area contributed by atoms with Crippen LogP contribution in [0.1, 0.15) is 19.8 Å². The van der Waals surface area contributed by atoms with E-state index >= 15 is 0 Å². The molecule has 18 heavy (non-hydrogen) atoms. The average molecular weight is 277 g/mol. The minimum Gasteiger partial charge on any atom is -0.466 e. The zero-order chi connectivity index (χ0) is 13.6. The number of sulfone groups is 1. The van der Waals surface area contributed by atoms with Gasteiger partial charge in [0, 0.05) is 19.5 Å². The number of carbonyl (C=O) groups is 2. The highest BCUT2D eigenvalue weighted by atomic mass is 32.2. The summed E-state index contributed by atoms with van der Waals surface area (Å²) in [7, 11) is -2.91. The summed E-state index contributed by atoms with van der Waals surface area (Å²) in [5, 5.41) is 0. The van der Waals surface area contributed by atoms with Crippen molar-refractivity contribution < 1.29 is 22.7 Å². The summed E-state index contributed by atoms with van der Waals surface area (Å²) in [5.41, 5.74) is 0. The summed E-state index contributed by atoms with van der Waals surface area (Å²) in [6.07, 6.45) is 0.251. The van der Waals surface area contributed by atoms with E-state index in [2.05, 4.69) is 0 Å². The van der Waals surface area contributed by atoms with E-state index in [-0.39, 0.29) is 42.6 Å². The van der Waals surface area contributed by atoms with E-state index in [0.29, 0.717) is 19.7 Å². The highest BCUT2D eigenvalue weighted by molar-refractivity contribution is 7.91. The molecule has 0 aliphatic carbocycles. The first kappa shape index (κ1) is 15.1. The fraction of sp³-hybridized carbons (Fsp3) is 0.818. The molecular weight excluding hydrogens is 258 g/mol. The largest absolute Gasteiger partial charge is 0.466 e. The molecule has 104 valence electrons. The maximum atomic E-state index is 11.6. The number of esters is 1. The van der Waals surface area contributed by atoms with Crippen molar-refractivity contribution in [2.24, 2.45) is 0 Å². The second-order valence-electron chi connectivity index (χ2n) is 4.27. The summed E-state index contributed by atoms with van der Waals surface area (Å²) in [5.74, 6) is -0.203. The summed E-state index contributed by atoms with van der Waals surface area (Å²) in [4.78, 5) is 24.5. The summed E-state index contributed by atoms with van der Waals surface area (Å²) in [6, 6.07) is 0. The van der Waals surface area contributed by atoms with E-state index in [4.69, 9.17) is 4.74 Å². The van der Waals surface area contributed by atoms with Gasteiger partial charge in [0.05, 0.1) is 31.1 Å². The molecule has 1 aliphatic heterocycles. The molecule has 0 aromatic rings. The van der Waals surface area contributed by atoms with Gasteiger partial charge < -0.3 is 4.74 Å². The summed E-state index contributed by atoms with van der Waals surface area (Å²) >= 11 is 0. The molecule has 1 rings (SSSR count). The third-order valence-corrected chi connectivity index (χ3v) is 4.36. The second kappa shape index (κ2) is 6.84. The van der Waals surface area contributed by atoms with Crippen molar-refractivity contribution >= 4 is 21.6 Å². The third-order valence-electron chi connectivity index (χ3n) is 2.75. The van der Waals surface area contributed by atoms with Crippen molar-refractivity contribution in [1.29, 1.82) is 0 Å². The van der Waals surface area contributed by atoms with E-state index in [1.54, 1.807) is 6.92 Å². The zero-order valence-corrected chi connectivity index (χ0v) is 11.4. The standard InChI is InChI=1S/C11H19NO5S/c1-2-17-11(14)4-3-10(13)9-12-5-7-18(15,16)8-6-12/h2-9H2,1H3. The van der Waals surface area contributed by atoms with Gasteiger partial charge in [0.25, 0.3) is 0 Å². The smallest absolute Gasteiger partial charge is 0.306 e. The van der Waals surface area contributed by atoms with Crippen LogP contribution in [-0.4, -0.2) is 62.8 Å². The molecule has 6 nitrogen and oxygen atoms in total. The van der Waals surface area contributed by atoms with Crippen LogP contribution < -0.4 is 0 Å². The Morgan fingerprint density at radius 1 is 1.17 bits per heavy atom. The summed E-state index contributed by atoms with van der Waals surface area (Å²) in [6.45, 7) is 3.04. The van der Waals surface area contributed by atoms with Crippen molar-refractivity contribution in [1.82, 2.24) is 4.90 Å². The molecule has 0 aromatic carbocycles. The Bertz CT molecular complexity index is 390. The quantitative estimate of drug-likeness (QED) is 0.616. The number of hydrogen-bond acceptors (Lipinski definition) is 6. The lowest BCUT2D eigenvalue weighted by atomic mass is 10.2. The van der Waals surface area contributed by atoms with Crippen LogP contribution in [0.25, 0.3) is 0 Å². The Morgan fingerprint density at radius 2 is 1.78 bits per heavy atom. The van der Waals surface area contributed by atoms with E-state index in [1.807, 2.05) is 4.90 Å². The van der Waals surface area contributed by atoms with Crippen molar-refractivity contribution in [2.75, 3.05) is 37.7 Å². The molecule has 0 amide bonds. The fourth-order valence-electron chi connectivity index (χ4n) is 1.71. The van der Waals surface area contributed by atoms with Crippen LogP contribution in [0.3, 0.4) is 0 Å². The van der Waals surface area contributed by atoms with Crippen molar-refractivity contribution in [3.8, 4) is 0 Å². The van der Waals surface area contributed by atoms with Crippen LogP contribution >= 0.6 is 0 Å². The Hall–Kier alpha value is -0.950. The van der Waals surface area contributed by atoms with Gasteiger partial charge in [-0.15, -0.1) is 0 Å². The van der Waals surface area contributed by atoms with Crippen LogP contribution in [0.5, 0.6) is 0 Å². The number of Topliss-reactive ketones (excluding diaryl/α,β-unsaturated/α-hetero) is 1. The predicted octanol–water partition coefficient (Wildman–Crippen LogP) is -0.371. The lowest BCUT2D eigenvalue weighted by Gasteiger charge is -2.25. The maximum absolute atomic E-state index is 11.6. The molecule has 0 unspecified atom stereocenters. The summed E-state index contributed by atoms with van der Waals surface area (Å²) < 4.78 is 27.1. The average Bonchev–Trinajstić information content (AvgIpc) is 2.30. The van der Waals surface area contributed by atoms with Crippen LogP contribution in [0.2, 0.25) is 0 Å². The molecule has 1 fully saturated rings. The first-order valence-corrected chi connectivity index (χ1v) is 7.85. The van der Waals surface area contributed by atoms with Crippen molar-refractivity contribution in [2.45, 2.75) is 19.8 Å². The van der Waals surface area contributed by atoms with Gasteiger partial charge in [0.1, 0.15) is 5.78 Å². The first-order chi connectivity index (χ1) is 8.43. The van der Waals surface area contributed by atoms with E-state index < -0.39 is 9.84 Å². The Morgan fingerprint density at radius 3 is 2.33 bits per heavy atom. The highest BCUT2D eigenvalue weighted by Gasteiger charge is 2.22. The molecule has 1 saturated heterocycles. The van der Waals surface area contributed by atoms with Crippen molar-refractivity contribution in [3.05, 3.63) is 0 Å². The minimum absolute atomic E-state index is 0.0534. The predicted molar refractivity (Wildman–Crippen MR) is 66.0 cm³/mol. The van der Waals surface area contributed by atoms with Gasteiger partial charge in [0.2, 0.25) is 0 Å². The number of carbonyl (C=O) groups excluding carboxylic acids is 2. The molecule has 1 heterocycles. The molecule has 0 aromatic heterocycles. The van der Waals surface area contributed by atoms with Crippen LogP contribution in [0.4, 0.5) is 0 Å². The van der Waals surface area contributed by atoms with Gasteiger partial charge >= 0.3 is 5.97 Å². The van der Waals surface area contributed by atoms with E-state index in [1.165, 1.54) is 0 Å². The monoisotopic (exact) mass is 277 g/mol. The molecule has 1 aliphatic rings. The molecule has 0 spiro atoms. The maximum Gasteiger partial charge on any atom is 0.306 e. The minimum atomic E-state index is -2.91. The second-order valence-corrected chi connectivity index (χ2v) is 6.58. The Balaban J connectivity index is 2.23. The van der Waals surface area contributed by atoms with Crippen LogP contribution in [-0.2, 0) is 24.2 Å². The fourth-order valence-corrected chi connectivity index (χ4v) is 2.99. The lowest BCUT2D eigenvalue weighted by Crippen LogP contribution is -2.42. The molecule has 0 saturated carbocycles. The highest BCUT2D eigenvalue weighted by Crippen LogP contribution is 2.05. The van der Waals surface area contributed by atoms with Gasteiger partial charge in [-0.2, -0.15) is 0 Å². The molecule has 0 N–H and O–H groups in total. The van der Waals surface area contributed by atoms with Crippen molar-refractivity contribution in [3.63, 3.8) is 0 Å². The van der Waals surface area contributed by atoms with Gasteiger partial charge in [-0.3, -0.25) is 14.5 Å². The number of ketones is 1. The number of rotatable bonds is 6. The SMILES string of the molecule is CCOC(=O)CCC(=O)CN1CCS(=O)(=O)CC1. The zero-order valence-electron chi connectivity index (χ0n) is 10.6. The molecule has 0 radical (unpaired) electrons. The van der Waals surface area contributed by atoms with Gasteiger partial charge in [-0.25, -0.2) is 8.42 Å². The van der Waals surface area contributed by atoms with Gasteiger partial charge in [-0.05, 0) is 6.92 Å². The van der Waals surface area contributed by atoms with Crippen LogP contribution in [0.15, 0.2) is 0 Å². The topological polar surface area (TPSA) is 80.8 Å². The van der Waals surface area contributed by atoms with E-state index in [9.17, 15) is 18.0 Å². The molecule has 0 bridgehead atoms. The number of ether oxygens (including phenoxy) is 1. The number of hydrogen-bond donors (Lipinski definition) is 0. The number of nitrogens with zero attached hydrogens (tertiary/aromatic N) is 1. The van der Waals surface area contributed by atoms with Crippen LogP contribution in [0, 0.1) is 0 Å². The third kappa shape index (κ3) is 5.59. The van der Waals surface area contributed by atoms with Gasteiger partial charge in [-0.1, -0.05) is 0 Å². The van der Waals surface area contributed by atoms with E-state index in [0.717, 1.165) is 0 Å².